The molecular weight excluding hydrogens is 252 g/mol. The summed E-state index contributed by atoms with van der Waals surface area (Å²) in [5.41, 5.74) is 0. The van der Waals surface area contributed by atoms with E-state index in [0.717, 1.165) is 29.6 Å². The molecule has 0 nitrogen and oxygen atoms in total. The van der Waals surface area contributed by atoms with E-state index in [2.05, 4.69) is 19.1 Å². The molecule has 0 amide bonds. The summed E-state index contributed by atoms with van der Waals surface area (Å²) in [5, 5.41) is 0. The van der Waals surface area contributed by atoms with Crippen molar-refractivity contribution in [1.29, 1.82) is 0 Å². The van der Waals surface area contributed by atoms with Gasteiger partial charge < -0.3 is 0 Å². The lowest BCUT2D eigenvalue weighted by Crippen LogP contribution is -2.30. The minimum absolute atomic E-state index is 0.919. The molecule has 0 saturated heterocycles. The maximum atomic E-state index is 2.69. The van der Waals surface area contributed by atoms with Crippen LogP contribution in [0.3, 0.4) is 0 Å². The molecule has 3 atom stereocenters. The van der Waals surface area contributed by atoms with E-state index in [1.807, 2.05) is 0 Å². The first-order chi connectivity index (χ1) is 10.4. The van der Waals surface area contributed by atoms with E-state index in [4.69, 9.17) is 0 Å². The maximum Gasteiger partial charge on any atom is -0.0202 e. The van der Waals surface area contributed by atoms with E-state index >= 15 is 0 Å². The summed E-state index contributed by atoms with van der Waals surface area (Å²) in [7, 11) is 0. The standard InChI is InChI=1S/C21H36/c1-2-6-17-11-13-18(14-12-17)15-16-20-9-5-8-19-7-3-4-10-21(19)20/h15-21H,2-14H2,1H3/b16-15+. The highest BCUT2D eigenvalue weighted by Gasteiger charge is 2.33. The van der Waals surface area contributed by atoms with Crippen LogP contribution in [0.2, 0.25) is 0 Å². The molecule has 3 aliphatic rings. The van der Waals surface area contributed by atoms with Crippen LogP contribution in [0.15, 0.2) is 12.2 Å². The topological polar surface area (TPSA) is 0 Å². The number of fused-ring (bicyclic) bond motifs is 1. The van der Waals surface area contributed by atoms with E-state index in [1.165, 1.54) is 83.5 Å². The summed E-state index contributed by atoms with van der Waals surface area (Å²) in [6.45, 7) is 2.34. The van der Waals surface area contributed by atoms with E-state index in [-0.39, 0.29) is 0 Å². The smallest absolute Gasteiger partial charge is 0.0202 e. The number of hydrogen-bond donors (Lipinski definition) is 0. The van der Waals surface area contributed by atoms with Crippen LogP contribution in [0, 0.1) is 29.6 Å². The molecule has 0 heteroatoms. The van der Waals surface area contributed by atoms with Gasteiger partial charge in [0.2, 0.25) is 0 Å². The highest BCUT2D eigenvalue weighted by Crippen LogP contribution is 2.44. The normalized spacial score (nSPS) is 41.1. The zero-order valence-electron chi connectivity index (χ0n) is 14.2. The Labute approximate surface area is 132 Å². The van der Waals surface area contributed by atoms with Crippen LogP contribution in [-0.2, 0) is 0 Å². The molecule has 0 radical (unpaired) electrons. The molecule has 0 N–H and O–H groups in total. The first kappa shape index (κ1) is 15.6. The molecule has 0 heterocycles. The minimum Gasteiger partial charge on any atom is -0.0851 e. The van der Waals surface area contributed by atoms with Crippen LogP contribution >= 0.6 is 0 Å². The van der Waals surface area contributed by atoms with Gasteiger partial charge >= 0.3 is 0 Å². The van der Waals surface area contributed by atoms with E-state index in [9.17, 15) is 0 Å². The zero-order valence-corrected chi connectivity index (χ0v) is 14.2. The highest BCUT2D eigenvalue weighted by molar-refractivity contribution is 5.00. The van der Waals surface area contributed by atoms with Gasteiger partial charge in [0.15, 0.2) is 0 Å². The van der Waals surface area contributed by atoms with Crippen molar-refractivity contribution in [3.8, 4) is 0 Å². The van der Waals surface area contributed by atoms with Crippen LogP contribution in [0.4, 0.5) is 0 Å². The third kappa shape index (κ3) is 4.14. The van der Waals surface area contributed by atoms with Gasteiger partial charge in [0, 0.05) is 0 Å². The maximum absolute atomic E-state index is 2.69. The Bertz CT molecular complexity index is 319. The summed E-state index contributed by atoms with van der Waals surface area (Å²) in [6.07, 6.45) is 24.8. The summed E-state index contributed by atoms with van der Waals surface area (Å²) < 4.78 is 0. The lowest BCUT2D eigenvalue weighted by Gasteiger charge is -2.40. The average molecular weight is 289 g/mol. The Balaban J connectivity index is 1.49. The van der Waals surface area contributed by atoms with Crippen molar-refractivity contribution in [3.05, 3.63) is 12.2 Å². The van der Waals surface area contributed by atoms with Crippen molar-refractivity contribution in [2.45, 2.75) is 90.4 Å². The Morgan fingerprint density at radius 3 is 2.33 bits per heavy atom. The van der Waals surface area contributed by atoms with Gasteiger partial charge in [-0.2, -0.15) is 0 Å². The fourth-order valence-corrected chi connectivity index (χ4v) is 5.60. The molecule has 0 aliphatic heterocycles. The number of allylic oxidation sites excluding steroid dienone is 2. The molecular formula is C21H36. The van der Waals surface area contributed by atoms with Crippen molar-refractivity contribution in [3.63, 3.8) is 0 Å². The van der Waals surface area contributed by atoms with Crippen molar-refractivity contribution in [1.82, 2.24) is 0 Å². The molecule has 0 aromatic heterocycles. The predicted octanol–water partition coefficient (Wildman–Crippen LogP) is 6.76. The summed E-state index contributed by atoms with van der Waals surface area (Å²) in [5.74, 6) is 5.05. The summed E-state index contributed by atoms with van der Waals surface area (Å²) in [4.78, 5) is 0. The fraction of sp³-hybridized carbons (Fsp3) is 0.905. The quantitative estimate of drug-likeness (QED) is 0.501. The van der Waals surface area contributed by atoms with Gasteiger partial charge in [0.1, 0.15) is 0 Å². The number of hydrogen-bond acceptors (Lipinski definition) is 0. The second kappa shape index (κ2) is 7.84. The molecule has 120 valence electrons. The monoisotopic (exact) mass is 288 g/mol. The van der Waals surface area contributed by atoms with Gasteiger partial charge in [-0.3, -0.25) is 0 Å². The van der Waals surface area contributed by atoms with Gasteiger partial charge in [-0.1, -0.05) is 64.0 Å². The van der Waals surface area contributed by atoms with Crippen molar-refractivity contribution >= 4 is 0 Å². The van der Waals surface area contributed by atoms with Gasteiger partial charge in [-0.05, 0) is 68.1 Å². The van der Waals surface area contributed by atoms with E-state index in [0.29, 0.717) is 0 Å². The SMILES string of the molecule is CCCC1CCC(/C=C/C2CCCC3CCCCC23)CC1. The number of rotatable bonds is 4. The van der Waals surface area contributed by atoms with Crippen LogP contribution in [0.5, 0.6) is 0 Å². The van der Waals surface area contributed by atoms with Gasteiger partial charge in [0.25, 0.3) is 0 Å². The Kier molecular flexibility index (Phi) is 5.83. The van der Waals surface area contributed by atoms with Crippen LogP contribution in [0.25, 0.3) is 0 Å². The van der Waals surface area contributed by atoms with Gasteiger partial charge in [-0.15, -0.1) is 0 Å². The molecule has 0 aromatic carbocycles. The van der Waals surface area contributed by atoms with Crippen LogP contribution in [-0.4, -0.2) is 0 Å². The van der Waals surface area contributed by atoms with E-state index in [1.54, 1.807) is 0 Å². The Morgan fingerprint density at radius 2 is 1.52 bits per heavy atom. The average Bonchev–Trinajstić information content (AvgIpc) is 2.54. The molecule has 0 aromatic rings. The second-order valence-corrected chi connectivity index (χ2v) is 8.26. The molecule has 21 heavy (non-hydrogen) atoms. The predicted molar refractivity (Wildman–Crippen MR) is 92.3 cm³/mol. The highest BCUT2D eigenvalue weighted by atomic mass is 14.4. The zero-order chi connectivity index (χ0) is 14.5. The third-order valence-electron chi connectivity index (χ3n) is 6.85. The lowest BCUT2D eigenvalue weighted by atomic mass is 9.65. The van der Waals surface area contributed by atoms with Gasteiger partial charge in [-0.25, -0.2) is 0 Å². The van der Waals surface area contributed by atoms with Crippen LogP contribution < -0.4 is 0 Å². The van der Waals surface area contributed by atoms with Crippen LogP contribution in [0.1, 0.15) is 90.4 Å². The summed E-state index contributed by atoms with van der Waals surface area (Å²) in [6, 6.07) is 0. The molecule has 3 aliphatic carbocycles. The van der Waals surface area contributed by atoms with E-state index < -0.39 is 0 Å². The molecule has 3 unspecified atom stereocenters. The fourth-order valence-electron chi connectivity index (χ4n) is 5.60. The Morgan fingerprint density at radius 1 is 0.762 bits per heavy atom. The lowest BCUT2D eigenvalue weighted by molar-refractivity contribution is 0.129. The molecule has 3 fully saturated rings. The van der Waals surface area contributed by atoms with Crippen molar-refractivity contribution < 1.29 is 0 Å². The largest absolute Gasteiger partial charge is 0.0851 e. The van der Waals surface area contributed by atoms with Gasteiger partial charge in [0.05, 0.1) is 0 Å². The Hall–Kier alpha value is -0.260. The first-order valence-corrected chi connectivity index (χ1v) is 10.0. The first-order valence-electron chi connectivity index (χ1n) is 10.0. The summed E-state index contributed by atoms with van der Waals surface area (Å²) >= 11 is 0. The molecule has 0 spiro atoms. The molecule has 3 saturated carbocycles. The molecule has 3 rings (SSSR count). The minimum atomic E-state index is 0.919. The molecule has 0 bridgehead atoms. The second-order valence-electron chi connectivity index (χ2n) is 8.26. The van der Waals surface area contributed by atoms with Crippen molar-refractivity contribution in [2.75, 3.05) is 0 Å². The van der Waals surface area contributed by atoms with Crippen molar-refractivity contribution in [2.24, 2.45) is 29.6 Å². The third-order valence-corrected chi connectivity index (χ3v) is 6.85.